The fourth-order valence-electron chi connectivity index (χ4n) is 1.89. The topological polar surface area (TPSA) is 74.2 Å². The number of rotatable bonds is 1. The summed E-state index contributed by atoms with van der Waals surface area (Å²) in [5.74, 6) is 0.0888. The van der Waals surface area contributed by atoms with Crippen molar-refractivity contribution in [2.24, 2.45) is 0 Å². The summed E-state index contributed by atoms with van der Waals surface area (Å²) in [5.41, 5.74) is 1.97. The molecule has 0 radical (unpaired) electrons. The highest BCUT2D eigenvalue weighted by molar-refractivity contribution is 6.30. The largest absolute Gasteiger partial charge is 0.507 e. The molecule has 2 aromatic heterocycles. The average Bonchev–Trinajstić information content (AvgIpc) is 2.84. The van der Waals surface area contributed by atoms with E-state index in [1.165, 1.54) is 16.8 Å². The summed E-state index contributed by atoms with van der Waals surface area (Å²) in [6.07, 6.45) is 3.00. The number of aromatic hydroxyl groups is 1. The molecular formula is C13H7ClN4O. The summed E-state index contributed by atoms with van der Waals surface area (Å²) in [4.78, 5) is 4.11. The minimum absolute atomic E-state index is 0.0888. The van der Waals surface area contributed by atoms with Crippen LogP contribution in [-0.2, 0) is 0 Å². The lowest BCUT2D eigenvalue weighted by molar-refractivity contribution is 0.477. The Morgan fingerprint density at radius 3 is 2.95 bits per heavy atom. The second-order valence-corrected chi connectivity index (χ2v) is 4.33. The zero-order valence-corrected chi connectivity index (χ0v) is 10.3. The van der Waals surface area contributed by atoms with Gasteiger partial charge in [-0.15, -0.1) is 0 Å². The van der Waals surface area contributed by atoms with Crippen molar-refractivity contribution in [2.75, 3.05) is 0 Å². The number of nitriles is 1. The molecule has 0 saturated heterocycles. The van der Waals surface area contributed by atoms with E-state index in [0.29, 0.717) is 27.5 Å². The third-order valence-electron chi connectivity index (χ3n) is 2.76. The Bertz CT molecular complexity index is 819. The lowest BCUT2D eigenvalue weighted by Crippen LogP contribution is -1.96. The van der Waals surface area contributed by atoms with E-state index in [2.05, 4.69) is 10.1 Å². The van der Waals surface area contributed by atoms with Gasteiger partial charge in [0.2, 0.25) is 0 Å². The van der Waals surface area contributed by atoms with Gasteiger partial charge in [0.15, 0.2) is 5.65 Å². The molecule has 0 bridgehead atoms. The fraction of sp³-hybridized carbons (Fsp3) is 0. The number of nitrogens with zero attached hydrogens (tertiary/aromatic N) is 4. The van der Waals surface area contributed by atoms with Gasteiger partial charge in [-0.2, -0.15) is 10.4 Å². The number of fused-ring (bicyclic) bond motifs is 1. The number of halogens is 1. The van der Waals surface area contributed by atoms with Crippen molar-refractivity contribution in [2.45, 2.75) is 0 Å². The van der Waals surface area contributed by atoms with Gasteiger partial charge in [0, 0.05) is 16.8 Å². The summed E-state index contributed by atoms with van der Waals surface area (Å²) >= 11 is 5.94. The van der Waals surface area contributed by atoms with Gasteiger partial charge in [0.25, 0.3) is 0 Å². The third-order valence-corrected chi connectivity index (χ3v) is 2.99. The number of phenolic OH excluding ortho intramolecular Hbond substituents is 1. The summed E-state index contributed by atoms with van der Waals surface area (Å²) in [6.45, 7) is 0. The number of phenols is 1. The molecule has 0 saturated carbocycles. The number of hydrogen-bond donors (Lipinski definition) is 1. The number of benzene rings is 1. The number of hydrogen-bond acceptors (Lipinski definition) is 4. The van der Waals surface area contributed by atoms with Crippen LogP contribution in [0.2, 0.25) is 5.02 Å². The molecule has 0 aliphatic heterocycles. The zero-order valence-electron chi connectivity index (χ0n) is 9.58. The monoisotopic (exact) mass is 270 g/mol. The first-order chi connectivity index (χ1) is 9.20. The fourth-order valence-corrected chi connectivity index (χ4v) is 2.06. The van der Waals surface area contributed by atoms with Crippen LogP contribution in [0.3, 0.4) is 0 Å². The van der Waals surface area contributed by atoms with Crippen molar-refractivity contribution in [3.63, 3.8) is 0 Å². The molecule has 1 aromatic carbocycles. The van der Waals surface area contributed by atoms with Crippen LogP contribution in [0.5, 0.6) is 5.75 Å². The minimum Gasteiger partial charge on any atom is -0.507 e. The van der Waals surface area contributed by atoms with Gasteiger partial charge < -0.3 is 5.11 Å². The molecular weight excluding hydrogens is 264 g/mol. The second-order valence-electron chi connectivity index (χ2n) is 3.90. The van der Waals surface area contributed by atoms with E-state index >= 15 is 0 Å². The van der Waals surface area contributed by atoms with E-state index in [-0.39, 0.29) is 5.75 Å². The Morgan fingerprint density at radius 2 is 2.16 bits per heavy atom. The minimum atomic E-state index is 0.0888. The summed E-state index contributed by atoms with van der Waals surface area (Å²) in [7, 11) is 0. The molecule has 0 aliphatic rings. The van der Waals surface area contributed by atoms with Crippen molar-refractivity contribution >= 4 is 17.2 Å². The molecule has 0 aliphatic carbocycles. The van der Waals surface area contributed by atoms with E-state index in [9.17, 15) is 5.11 Å². The van der Waals surface area contributed by atoms with Crippen LogP contribution < -0.4 is 0 Å². The first-order valence-corrected chi connectivity index (χ1v) is 5.80. The van der Waals surface area contributed by atoms with Gasteiger partial charge in [-0.05, 0) is 24.3 Å². The van der Waals surface area contributed by atoms with Crippen molar-refractivity contribution in [1.82, 2.24) is 14.6 Å². The Labute approximate surface area is 113 Å². The SMILES string of the molecule is N#Cc1cnn2c(-c3cc(Cl)ccc3O)ccnc12. The second kappa shape index (κ2) is 4.26. The smallest absolute Gasteiger partial charge is 0.173 e. The predicted molar refractivity (Wildman–Crippen MR) is 69.8 cm³/mol. The molecule has 92 valence electrons. The molecule has 19 heavy (non-hydrogen) atoms. The van der Waals surface area contributed by atoms with Crippen molar-refractivity contribution in [3.05, 3.63) is 47.2 Å². The third kappa shape index (κ3) is 1.79. The predicted octanol–water partition coefficient (Wildman–Crippen LogP) is 2.63. The van der Waals surface area contributed by atoms with Crippen LogP contribution in [0.4, 0.5) is 0 Å². The molecule has 6 heteroatoms. The molecule has 2 heterocycles. The Kier molecular flexibility index (Phi) is 2.58. The van der Waals surface area contributed by atoms with Crippen LogP contribution >= 0.6 is 11.6 Å². The van der Waals surface area contributed by atoms with Gasteiger partial charge >= 0.3 is 0 Å². The molecule has 0 spiro atoms. The first-order valence-electron chi connectivity index (χ1n) is 5.42. The van der Waals surface area contributed by atoms with Gasteiger partial charge in [-0.1, -0.05) is 11.6 Å². The van der Waals surface area contributed by atoms with Crippen LogP contribution in [0.25, 0.3) is 16.9 Å². The van der Waals surface area contributed by atoms with E-state index in [1.54, 1.807) is 24.4 Å². The molecule has 0 amide bonds. The number of aromatic nitrogens is 3. The standard InChI is InChI=1S/C13H7ClN4O/c14-9-1-2-12(19)10(5-9)11-3-4-16-13-8(6-15)7-17-18(11)13/h1-5,7,19H. The van der Waals surface area contributed by atoms with Crippen LogP contribution in [0.15, 0.2) is 36.7 Å². The zero-order chi connectivity index (χ0) is 13.4. The molecule has 0 unspecified atom stereocenters. The molecule has 3 aromatic rings. The van der Waals surface area contributed by atoms with E-state index in [4.69, 9.17) is 16.9 Å². The van der Waals surface area contributed by atoms with Gasteiger partial charge in [0.05, 0.1) is 11.9 Å². The van der Waals surface area contributed by atoms with Gasteiger partial charge in [0.1, 0.15) is 17.4 Å². The van der Waals surface area contributed by atoms with E-state index in [0.717, 1.165) is 0 Å². The Morgan fingerprint density at radius 1 is 1.32 bits per heavy atom. The molecule has 5 nitrogen and oxygen atoms in total. The molecule has 0 fully saturated rings. The first kappa shape index (κ1) is 11.5. The van der Waals surface area contributed by atoms with Gasteiger partial charge in [-0.3, -0.25) is 0 Å². The highest BCUT2D eigenvalue weighted by atomic mass is 35.5. The Balaban J connectivity index is 2.34. The molecule has 1 N–H and O–H groups in total. The normalized spacial score (nSPS) is 10.5. The van der Waals surface area contributed by atoms with Crippen molar-refractivity contribution < 1.29 is 5.11 Å². The highest BCUT2D eigenvalue weighted by Gasteiger charge is 2.12. The van der Waals surface area contributed by atoms with Crippen LogP contribution in [0, 0.1) is 11.3 Å². The summed E-state index contributed by atoms with van der Waals surface area (Å²) in [5, 5.41) is 23.5. The molecule has 3 rings (SSSR count). The van der Waals surface area contributed by atoms with Gasteiger partial charge in [-0.25, -0.2) is 9.50 Å². The maximum absolute atomic E-state index is 9.93. The maximum atomic E-state index is 9.93. The highest BCUT2D eigenvalue weighted by Crippen LogP contribution is 2.31. The maximum Gasteiger partial charge on any atom is 0.173 e. The lowest BCUT2D eigenvalue weighted by atomic mass is 10.1. The van der Waals surface area contributed by atoms with E-state index < -0.39 is 0 Å². The van der Waals surface area contributed by atoms with Crippen LogP contribution in [0.1, 0.15) is 5.56 Å². The van der Waals surface area contributed by atoms with Crippen molar-refractivity contribution in [1.29, 1.82) is 5.26 Å². The Hall–Kier alpha value is -2.58. The van der Waals surface area contributed by atoms with Crippen molar-refractivity contribution in [3.8, 4) is 23.1 Å². The lowest BCUT2D eigenvalue weighted by Gasteiger charge is -2.07. The summed E-state index contributed by atoms with van der Waals surface area (Å²) < 4.78 is 1.50. The summed E-state index contributed by atoms with van der Waals surface area (Å²) in [6, 6.07) is 8.47. The van der Waals surface area contributed by atoms with E-state index in [1.807, 2.05) is 6.07 Å². The average molecular weight is 271 g/mol. The molecule has 0 atom stereocenters. The quantitative estimate of drug-likeness (QED) is 0.738. The van der Waals surface area contributed by atoms with Crippen LogP contribution in [-0.4, -0.2) is 19.7 Å².